The van der Waals surface area contributed by atoms with Gasteiger partial charge in [0.05, 0.1) is 16.8 Å². The summed E-state index contributed by atoms with van der Waals surface area (Å²) in [4.78, 5) is 2.42. The summed E-state index contributed by atoms with van der Waals surface area (Å²) in [6.07, 6.45) is 0. The molecular formula is C71H47NO. The number of rotatable bonds is 9. The van der Waals surface area contributed by atoms with Crippen molar-refractivity contribution in [1.82, 2.24) is 0 Å². The molecule has 0 fully saturated rings. The van der Waals surface area contributed by atoms with E-state index in [1.165, 1.54) is 77.5 Å². The van der Waals surface area contributed by atoms with Crippen LogP contribution in [-0.4, -0.2) is 0 Å². The van der Waals surface area contributed by atoms with Crippen molar-refractivity contribution in [3.63, 3.8) is 0 Å². The summed E-state index contributed by atoms with van der Waals surface area (Å²) < 4.78 is 6.83. The summed E-state index contributed by atoms with van der Waals surface area (Å²) in [6, 6.07) is 104. The molecule has 2 heteroatoms. The van der Waals surface area contributed by atoms with Gasteiger partial charge in [0.2, 0.25) is 0 Å². The van der Waals surface area contributed by atoms with Gasteiger partial charge >= 0.3 is 0 Å². The van der Waals surface area contributed by atoms with Crippen LogP contribution in [0.3, 0.4) is 0 Å². The van der Waals surface area contributed by atoms with Gasteiger partial charge in [0.15, 0.2) is 5.58 Å². The molecule has 0 N–H and O–H groups in total. The molecule has 0 saturated heterocycles. The maximum Gasteiger partial charge on any atom is 0.159 e. The van der Waals surface area contributed by atoms with E-state index in [1.807, 2.05) is 6.07 Å². The number of fused-ring (bicyclic) bond motifs is 7. The van der Waals surface area contributed by atoms with Crippen molar-refractivity contribution in [1.29, 1.82) is 0 Å². The molecular weight excluding hydrogens is 883 g/mol. The van der Waals surface area contributed by atoms with Crippen LogP contribution in [0.2, 0.25) is 0 Å². The number of para-hydroxylation sites is 2. The summed E-state index contributed by atoms with van der Waals surface area (Å²) in [6.45, 7) is 0. The van der Waals surface area contributed by atoms with Crippen LogP contribution in [0.1, 0.15) is 22.3 Å². The van der Waals surface area contributed by atoms with Crippen LogP contribution in [0.5, 0.6) is 0 Å². The first-order valence-electron chi connectivity index (χ1n) is 25.1. The highest BCUT2D eigenvalue weighted by Crippen LogP contribution is 2.60. The first kappa shape index (κ1) is 42.4. The standard InChI is InChI=1S/C71H47NO/c1-3-17-58(18-4-1)71(59-19-5-2-6-20-59)64-24-11-9-22-63(64)69-65(71)25-14-26-66(69)72(67-27-13-23-62-61-21-10-12-28-68(61)73-70(62)67)60-45-43-54(44-46-60)53-35-33-50(34-36-53)49-29-31-51(32-30-49)52-37-39-55(40-38-52)57-42-41-48-15-7-8-16-56(48)47-57/h1-47H. The van der Waals surface area contributed by atoms with Crippen LogP contribution in [-0.2, 0) is 5.41 Å². The fourth-order valence-corrected chi connectivity index (χ4v) is 11.7. The van der Waals surface area contributed by atoms with Crippen molar-refractivity contribution in [2.75, 3.05) is 4.90 Å². The zero-order valence-electron chi connectivity index (χ0n) is 40.0. The summed E-state index contributed by atoms with van der Waals surface area (Å²) in [5, 5.41) is 4.71. The van der Waals surface area contributed by atoms with Crippen molar-refractivity contribution in [2.24, 2.45) is 0 Å². The number of hydrogen-bond donors (Lipinski definition) is 0. The molecule has 1 aromatic heterocycles. The van der Waals surface area contributed by atoms with E-state index in [-0.39, 0.29) is 0 Å². The molecule has 0 atom stereocenters. The third kappa shape index (κ3) is 7.02. The van der Waals surface area contributed by atoms with E-state index in [0.717, 1.165) is 50.1 Å². The lowest BCUT2D eigenvalue weighted by atomic mass is 9.68. The van der Waals surface area contributed by atoms with E-state index in [1.54, 1.807) is 0 Å². The van der Waals surface area contributed by atoms with E-state index in [9.17, 15) is 0 Å². The van der Waals surface area contributed by atoms with Gasteiger partial charge in [-0.25, -0.2) is 0 Å². The number of benzene rings is 12. The maximum absolute atomic E-state index is 6.83. The van der Waals surface area contributed by atoms with Crippen molar-refractivity contribution >= 4 is 49.8 Å². The zero-order chi connectivity index (χ0) is 48.3. The van der Waals surface area contributed by atoms with Crippen molar-refractivity contribution < 1.29 is 4.42 Å². The molecule has 0 spiro atoms. The first-order chi connectivity index (χ1) is 36.2. The molecule has 0 unspecified atom stereocenters. The predicted molar refractivity (Wildman–Crippen MR) is 305 cm³/mol. The van der Waals surface area contributed by atoms with E-state index in [0.29, 0.717) is 0 Å². The lowest BCUT2D eigenvalue weighted by molar-refractivity contribution is 0.669. The highest BCUT2D eigenvalue weighted by molar-refractivity contribution is 6.11. The van der Waals surface area contributed by atoms with Gasteiger partial charge < -0.3 is 9.32 Å². The normalized spacial score (nSPS) is 12.5. The van der Waals surface area contributed by atoms with Gasteiger partial charge in [-0.15, -0.1) is 0 Å². The molecule has 0 saturated carbocycles. The Morgan fingerprint density at radius 2 is 0.753 bits per heavy atom. The Labute approximate surface area is 425 Å². The van der Waals surface area contributed by atoms with Crippen molar-refractivity contribution in [3.8, 4) is 55.6 Å². The van der Waals surface area contributed by atoms with Crippen LogP contribution >= 0.6 is 0 Å². The van der Waals surface area contributed by atoms with Crippen LogP contribution in [0.15, 0.2) is 290 Å². The largest absolute Gasteiger partial charge is 0.454 e. The number of hydrogen-bond acceptors (Lipinski definition) is 2. The molecule has 0 bridgehead atoms. The van der Waals surface area contributed by atoms with E-state index in [2.05, 4.69) is 284 Å². The Hall–Kier alpha value is -9.50. The third-order valence-electron chi connectivity index (χ3n) is 15.2. The second kappa shape index (κ2) is 17.4. The average Bonchev–Trinajstić information content (AvgIpc) is 4.01. The smallest absolute Gasteiger partial charge is 0.159 e. The van der Waals surface area contributed by atoms with E-state index < -0.39 is 5.41 Å². The summed E-state index contributed by atoms with van der Waals surface area (Å²) in [5.41, 5.74) is 21.3. The third-order valence-corrected chi connectivity index (χ3v) is 15.2. The quantitative estimate of drug-likeness (QED) is 0.143. The molecule has 14 rings (SSSR count). The minimum absolute atomic E-state index is 0.536. The van der Waals surface area contributed by atoms with Crippen LogP contribution in [0.25, 0.3) is 88.3 Å². The fourth-order valence-electron chi connectivity index (χ4n) is 11.7. The lowest BCUT2D eigenvalue weighted by Crippen LogP contribution is -2.28. The summed E-state index contributed by atoms with van der Waals surface area (Å²) >= 11 is 0. The van der Waals surface area contributed by atoms with Crippen LogP contribution in [0, 0.1) is 0 Å². The Kier molecular flexibility index (Phi) is 10.1. The monoisotopic (exact) mass is 929 g/mol. The molecule has 13 aromatic rings. The highest BCUT2D eigenvalue weighted by atomic mass is 16.3. The topological polar surface area (TPSA) is 16.4 Å². The van der Waals surface area contributed by atoms with Crippen LogP contribution in [0.4, 0.5) is 17.1 Å². The Morgan fingerprint density at radius 1 is 0.301 bits per heavy atom. The van der Waals surface area contributed by atoms with E-state index >= 15 is 0 Å². The summed E-state index contributed by atoms with van der Waals surface area (Å²) in [7, 11) is 0. The highest BCUT2D eigenvalue weighted by Gasteiger charge is 2.47. The van der Waals surface area contributed by atoms with Gasteiger partial charge in [0.25, 0.3) is 0 Å². The molecule has 2 nitrogen and oxygen atoms in total. The maximum atomic E-state index is 6.83. The molecule has 1 heterocycles. The van der Waals surface area contributed by atoms with Crippen LogP contribution < -0.4 is 4.90 Å². The number of furan rings is 1. The fraction of sp³-hybridized carbons (Fsp3) is 0.0141. The average molecular weight is 930 g/mol. The molecule has 0 radical (unpaired) electrons. The number of anilines is 3. The lowest BCUT2D eigenvalue weighted by Gasteiger charge is -2.34. The molecule has 342 valence electrons. The molecule has 0 aliphatic heterocycles. The van der Waals surface area contributed by atoms with Gasteiger partial charge in [0, 0.05) is 22.0 Å². The van der Waals surface area contributed by atoms with Gasteiger partial charge in [-0.2, -0.15) is 0 Å². The van der Waals surface area contributed by atoms with E-state index in [4.69, 9.17) is 4.42 Å². The van der Waals surface area contributed by atoms with Gasteiger partial charge in [-0.3, -0.25) is 0 Å². The van der Waals surface area contributed by atoms with Gasteiger partial charge in [-0.05, 0) is 119 Å². The minimum Gasteiger partial charge on any atom is -0.454 e. The summed E-state index contributed by atoms with van der Waals surface area (Å²) in [5.74, 6) is 0. The van der Waals surface area contributed by atoms with Crippen molar-refractivity contribution in [2.45, 2.75) is 5.41 Å². The molecule has 1 aliphatic carbocycles. The molecule has 0 amide bonds. The SMILES string of the molecule is c1ccc(C2(c3ccccc3)c3ccccc3-c3c(N(c4ccc(-c5ccc(-c6ccc(-c7ccc(-c8ccc9ccccc9c8)cc7)cc6)cc5)cc4)c4cccc5c4oc4ccccc45)cccc32)cc1. The molecule has 73 heavy (non-hydrogen) atoms. The second-order valence-electron chi connectivity index (χ2n) is 19.2. The second-order valence-corrected chi connectivity index (χ2v) is 19.2. The number of nitrogens with zero attached hydrogens (tertiary/aromatic N) is 1. The molecule has 1 aliphatic rings. The Morgan fingerprint density at radius 3 is 1.38 bits per heavy atom. The van der Waals surface area contributed by atoms with Crippen molar-refractivity contribution in [3.05, 3.63) is 307 Å². The molecule has 12 aromatic carbocycles. The Bertz CT molecular complexity index is 4110. The zero-order valence-corrected chi connectivity index (χ0v) is 40.0. The van der Waals surface area contributed by atoms with Gasteiger partial charge in [-0.1, -0.05) is 249 Å². The van der Waals surface area contributed by atoms with Gasteiger partial charge in [0.1, 0.15) is 5.58 Å². The Balaban J connectivity index is 0.823. The predicted octanol–water partition coefficient (Wildman–Crippen LogP) is 19.2. The first-order valence-corrected chi connectivity index (χ1v) is 25.1. The minimum atomic E-state index is -0.536.